The first-order valence-electron chi connectivity index (χ1n) is 4.52. The molecule has 0 unspecified atom stereocenters. The van der Waals surface area contributed by atoms with Crippen molar-refractivity contribution in [3.63, 3.8) is 0 Å². The molecule has 3 nitrogen and oxygen atoms in total. The molecule has 0 bridgehead atoms. The highest BCUT2D eigenvalue weighted by molar-refractivity contribution is 9.10. The fraction of sp³-hybridized carbons (Fsp3) is 0.200. The fourth-order valence-corrected chi connectivity index (χ4v) is 2.60. The lowest BCUT2D eigenvalue weighted by atomic mass is 10.2. The van der Waals surface area contributed by atoms with Crippen LogP contribution in [0.1, 0.15) is 11.5 Å². The van der Waals surface area contributed by atoms with Gasteiger partial charge in [0.15, 0.2) is 0 Å². The average molecular weight is 303 g/mol. The number of halogens is 2. The van der Waals surface area contributed by atoms with E-state index < -0.39 is 0 Å². The van der Waals surface area contributed by atoms with Crippen molar-refractivity contribution < 1.29 is 8.81 Å². The van der Waals surface area contributed by atoms with Gasteiger partial charge < -0.3 is 4.42 Å². The predicted octanol–water partition coefficient (Wildman–Crippen LogP) is 3.57. The van der Waals surface area contributed by atoms with Gasteiger partial charge in [0.2, 0.25) is 5.89 Å². The van der Waals surface area contributed by atoms with Gasteiger partial charge in [-0.25, -0.2) is 4.39 Å². The molecular weight excluding hydrogens is 295 g/mol. The van der Waals surface area contributed by atoms with Crippen LogP contribution in [-0.4, -0.2) is 10.2 Å². The molecule has 0 fully saturated rings. The molecule has 1 aromatic carbocycles. The highest BCUT2D eigenvalue weighted by Crippen LogP contribution is 2.26. The van der Waals surface area contributed by atoms with Crippen LogP contribution in [0.5, 0.6) is 0 Å². The minimum Gasteiger partial charge on any atom is -0.416 e. The van der Waals surface area contributed by atoms with Gasteiger partial charge in [0, 0.05) is 17.1 Å². The Labute approximate surface area is 105 Å². The van der Waals surface area contributed by atoms with E-state index >= 15 is 0 Å². The van der Waals surface area contributed by atoms with Crippen LogP contribution in [-0.2, 0) is 5.75 Å². The number of rotatable bonds is 3. The summed E-state index contributed by atoms with van der Waals surface area (Å²) in [5.74, 6) is 0.942. The van der Waals surface area contributed by atoms with Crippen molar-refractivity contribution in [3.05, 3.63) is 39.9 Å². The summed E-state index contributed by atoms with van der Waals surface area (Å²) < 4.78 is 18.8. The van der Waals surface area contributed by atoms with E-state index in [0.29, 0.717) is 16.9 Å². The van der Waals surface area contributed by atoms with Crippen molar-refractivity contribution in [2.75, 3.05) is 0 Å². The summed E-state index contributed by atoms with van der Waals surface area (Å²) in [5, 5.41) is 8.11. The highest BCUT2D eigenvalue weighted by Gasteiger charge is 2.06. The van der Waals surface area contributed by atoms with Crippen LogP contribution in [0.15, 0.2) is 32.3 Å². The molecule has 2 aromatic rings. The Balaban J connectivity index is 2.04. The normalized spacial score (nSPS) is 10.7. The Morgan fingerprint density at radius 2 is 2.25 bits per heavy atom. The van der Waals surface area contributed by atoms with E-state index in [9.17, 15) is 4.39 Å². The zero-order valence-electron chi connectivity index (χ0n) is 8.41. The smallest absolute Gasteiger partial charge is 0.276 e. The molecule has 0 N–H and O–H groups in total. The number of hydrogen-bond acceptors (Lipinski definition) is 4. The summed E-state index contributed by atoms with van der Waals surface area (Å²) in [7, 11) is 0. The molecule has 0 atom stereocenters. The summed E-state index contributed by atoms with van der Waals surface area (Å²) in [6.07, 6.45) is 0. The molecular formula is C10H8BrFN2OS. The molecule has 0 spiro atoms. The van der Waals surface area contributed by atoms with Gasteiger partial charge in [0.05, 0.1) is 0 Å². The van der Waals surface area contributed by atoms with E-state index in [4.69, 9.17) is 4.42 Å². The van der Waals surface area contributed by atoms with Gasteiger partial charge in [0.25, 0.3) is 5.22 Å². The van der Waals surface area contributed by atoms with Crippen LogP contribution >= 0.6 is 27.7 Å². The first-order valence-corrected chi connectivity index (χ1v) is 6.30. The molecule has 0 aliphatic rings. The Bertz CT molecular complexity index is 503. The van der Waals surface area contributed by atoms with E-state index in [1.54, 1.807) is 13.0 Å². The van der Waals surface area contributed by atoms with Crippen LogP contribution in [0, 0.1) is 12.7 Å². The number of aromatic nitrogens is 2. The number of benzene rings is 1. The first kappa shape index (κ1) is 11.6. The zero-order chi connectivity index (χ0) is 11.5. The minimum absolute atomic E-state index is 0.255. The fourth-order valence-electron chi connectivity index (χ4n) is 1.11. The monoisotopic (exact) mass is 302 g/mol. The van der Waals surface area contributed by atoms with Crippen molar-refractivity contribution in [1.82, 2.24) is 10.2 Å². The van der Waals surface area contributed by atoms with Crippen LogP contribution in [0.2, 0.25) is 0 Å². The molecule has 0 saturated carbocycles. The highest BCUT2D eigenvalue weighted by atomic mass is 79.9. The largest absolute Gasteiger partial charge is 0.416 e. The van der Waals surface area contributed by atoms with Crippen molar-refractivity contribution in [3.8, 4) is 0 Å². The van der Waals surface area contributed by atoms with E-state index in [0.717, 1.165) is 10.0 Å². The van der Waals surface area contributed by atoms with Gasteiger partial charge in [-0.3, -0.25) is 0 Å². The maximum Gasteiger partial charge on any atom is 0.276 e. The average Bonchev–Trinajstić information content (AvgIpc) is 2.63. The summed E-state index contributed by atoms with van der Waals surface area (Å²) in [5.41, 5.74) is 0.988. The molecule has 0 aliphatic heterocycles. The number of aryl methyl sites for hydroxylation is 1. The first-order chi connectivity index (χ1) is 7.65. The summed E-state index contributed by atoms with van der Waals surface area (Å²) in [6.45, 7) is 1.74. The van der Waals surface area contributed by atoms with Gasteiger partial charge in [-0.05, 0) is 17.7 Å². The van der Waals surface area contributed by atoms with Crippen LogP contribution in [0.3, 0.4) is 0 Å². The van der Waals surface area contributed by atoms with Gasteiger partial charge in [-0.1, -0.05) is 33.8 Å². The molecule has 16 heavy (non-hydrogen) atoms. The molecule has 0 aliphatic carbocycles. The lowest BCUT2D eigenvalue weighted by Gasteiger charge is -2.01. The summed E-state index contributed by atoms with van der Waals surface area (Å²) in [4.78, 5) is 0. The second-order valence-corrected chi connectivity index (χ2v) is 4.89. The Hall–Kier alpha value is -0.880. The molecule has 1 heterocycles. The lowest BCUT2D eigenvalue weighted by molar-refractivity contribution is 0.429. The SMILES string of the molecule is Cc1nnc(SCc2ccc(F)cc2Br)o1. The van der Waals surface area contributed by atoms with Gasteiger partial charge >= 0.3 is 0 Å². The second kappa shape index (κ2) is 4.97. The molecule has 84 valence electrons. The van der Waals surface area contributed by atoms with Crippen LogP contribution in [0.25, 0.3) is 0 Å². The van der Waals surface area contributed by atoms with Gasteiger partial charge in [-0.15, -0.1) is 10.2 Å². The maximum absolute atomic E-state index is 12.8. The van der Waals surface area contributed by atoms with Crippen molar-refractivity contribution in [2.45, 2.75) is 17.9 Å². The predicted molar refractivity (Wildman–Crippen MR) is 62.7 cm³/mol. The van der Waals surface area contributed by atoms with E-state index in [2.05, 4.69) is 26.1 Å². The molecule has 1 aromatic heterocycles. The quantitative estimate of drug-likeness (QED) is 0.813. The summed E-state index contributed by atoms with van der Waals surface area (Å²) in [6, 6.07) is 4.60. The second-order valence-electron chi connectivity index (χ2n) is 3.11. The number of thioether (sulfide) groups is 1. The number of nitrogens with zero attached hydrogens (tertiary/aromatic N) is 2. The third-order valence-corrected chi connectivity index (χ3v) is 3.48. The third-order valence-electron chi connectivity index (χ3n) is 1.87. The Morgan fingerprint density at radius 3 is 2.88 bits per heavy atom. The van der Waals surface area contributed by atoms with Gasteiger partial charge in [-0.2, -0.15) is 0 Å². The number of hydrogen-bond donors (Lipinski definition) is 0. The Kier molecular flexibility index (Phi) is 3.60. The molecule has 6 heteroatoms. The van der Waals surface area contributed by atoms with Crippen LogP contribution in [0.4, 0.5) is 4.39 Å². The minimum atomic E-state index is -0.255. The van der Waals surface area contributed by atoms with Gasteiger partial charge in [0.1, 0.15) is 5.82 Å². The van der Waals surface area contributed by atoms with Crippen molar-refractivity contribution >= 4 is 27.7 Å². The standard InChI is InChI=1S/C10H8BrFN2OS/c1-6-13-14-10(15-6)16-5-7-2-3-8(12)4-9(7)11/h2-4H,5H2,1H3. The van der Waals surface area contributed by atoms with E-state index in [1.165, 1.54) is 23.9 Å². The molecule has 0 saturated heterocycles. The third kappa shape index (κ3) is 2.82. The van der Waals surface area contributed by atoms with Crippen molar-refractivity contribution in [1.29, 1.82) is 0 Å². The zero-order valence-corrected chi connectivity index (χ0v) is 10.8. The summed E-state index contributed by atoms with van der Waals surface area (Å²) >= 11 is 4.73. The maximum atomic E-state index is 12.8. The van der Waals surface area contributed by atoms with Crippen molar-refractivity contribution in [2.24, 2.45) is 0 Å². The topological polar surface area (TPSA) is 38.9 Å². The van der Waals surface area contributed by atoms with E-state index in [-0.39, 0.29) is 5.82 Å². The Morgan fingerprint density at radius 1 is 1.44 bits per heavy atom. The molecule has 2 rings (SSSR count). The van der Waals surface area contributed by atoms with Crippen LogP contribution < -0.4 is 0 Å². The lowest BCUT2D eigenvalue weighted by Crippen LogP contribution is -1.85. The molecule has 0 amide bonds. The molecule has 0 radical (unpaired) electrons. The van der Waals surface area contributed by atoms with E-state index in [1.807, 2.05) is 0 Å².